The van der Waals surface area contributed by atoms with E-state index in [0.717, 1.165) is 31.0 Å². The molecule has 2 heterocycles. The van der Waals surface area contributed by atoms with Crippen LogP contribution in [0.5, 0.6) is 0 Å². The zero-order valence-electron chi connectivity index (χ0n) is 11.8. The van der Waals surface area contributed by atoms with Crippen LogP contribution in [-0.4, -0.2) is 28.9 Å². The molecule has 0 bridgehead atoms. The number of pyridine rings is 1. The molecule has 0 aromatic carbocycles. The smallest absolute Gasteiger partial charge is 0.128 e. The van der Waals surface area contributed by atoms with Crippen LogP contribution in [0.25, 0.3) is 0 Å². The molecule has 0 radical (unpaired) electrons. The fourth-order valence-corrected chi connectivity index (χ4v) is 1.87. The monoisotopic (exact) mass is 259 g/mol. The fourth-order valence-electron chi connectivity index (χ4n) is 1.87. The van der Waals surface area contributed by atoms with Gasteiger partial charge in [0, 0.05) is 26.8 Å². The average molecular weight is 259 g/mol. The lowest BCUT2D eigenvalue weighted by molar-refractivity contribution is 0.578. The summed E-state index contributed by atoms with van der Waals surface area (Å²) < 4.78 is 2.04. The van der Waals surface area contributed by atoms with E-state index in [2.05, 4.69) is 22.3 Å². The van der Waals surface area contributed by atoms with Crippen LogP contribution in [0.3, 0.4) is 0 Å². The first-order chi connectivity index (χ1) is 9.20. The summed E-state index contributed by atoms with van der Waals surface area (Å²) >= 11 is 0. The third-order valence-electron chi connectivity index (χ3n) is 2.92. The van der Waals surface area contributed by atoms with E-state index in [1.165, 1.54) is 5.69 Å². The van der Waals surface area contributed by atoms with Crippen molar-refractivity contribution >= 4 is 11.5 Å². The second-order valence-corrected chi connectivity index (χ2v) is 4.70. The number of aryl methyl sites for hydroxylation is 1. The van der Waals surface area contributed by atoms with Gasteiger partial charge in [-0.25, -0.2) is 4.98 Å². The third-order valence-corrected chi connectivity index (χ3v) is 2.92. The van der Waals surface area contributed by atoms with Gasteiger partial charge in [-0.1, -0.05) is 6.92 Å². The molecule has 0 aliphatic heterocycles. The summed E-state index contributed by atoms with van der Waals surface area (Å²) in [7, 11) is 3.97. The lowest BCUT2D eigenvalue weighted by Crippen LogP contribution is -2.11. The summed E-state index contributed by atoms with van der Waals surface area (Å²) in [6.07, 6.45) is 4.80. The Hall–Kier alpha value is -2.04. The minimum absolute atomic E-state index is 0.767. The molecular formula is C14H21N5. The topological polar surface area (TPSA) is 46.0 Å². The van der Waals surface area contributed by atoms with Crippen molar-refractivity contribution in [3.63, 3.8) is 0 Å². The van der Waals surface area contributed by atoms with Crippen LogP contribution in [0.15, 0.2) is 30.6 Å². The summed E-state index contributed by atoms with van der Waals surface area (Å²) in [4.78, 5) is 6.36. The second-order valence-electron chi connectivity index (χ2n) is 4.70. The molecule has 0 fully saturated rings. The van der Waals surface area contributed by atoms with Crippen molar-refractivity contribution in [2.24, 2.45) is 0 Å². The van der Waals surface area contributed by atoms with Gasteiger partial charge in [0.05, 0.1) is 24.1 Å². The van der Waals surface area contributed by atoms with Gasteiger partial charge in [0.2, 0.25) is 0 Å². The molecule has 5 nitrogen and oxygen atoms in total. The van der Waals surface area contributed by atoms with Gasteiger partial charge < -0.3 is 10.2 Å². The zero-order valence-corrected chi connectivity index (χ0v) is 11.8. The highest BCUT2D eigenvalue weighted by Crippen LogP contribution is 2.12. The van der Waals surface area contributed by atoms with Gasteiger partial charge in [-0.2, -0.15) is 5.10 Å². The summed E-state index contributed by atoms with van der Waals surface area (Å²) in [5.41, 5.74) is 2.22. The van der Waals surface area contributed by atoms with E-state index < -0.39 is 0 Å². The lowest BCUT2D eigenvalue weighted by atomic mass is 10.3. The van der Waals surface area contributed by atoms with Gasteiger partial charge in [0.1, 0.15) is 5.82 Å². The molecule has 0 amide bonds. The molecule has 2 rings (SSSR count). The molecule has 0 spiro atoms. The van der Waals surface area contributed by atoms with Gasteiger partial charge in [-0.15, -0.1) is 0 Å². The van der Waals surface area contributed by atoms with Crippen molar-refractivity contribution in [1.82, 2.24) is 14.8 Å². The molecule has 0 saturated carbocycles. The first-order valence-corrected chi connectivity index (χ1v) is 6.58. The minimum atomic E-state index is 0.767. The van der Waals surface area contributed by atoms with Gasteiger partial charge in [-0.05, 0) is 24.6 Å². The Morgan fingerprint density at radius 2 is 2.11 bits per heavy atom. The van der Waals surface area contributed by atoms with E-state index in [1.54, 1.807) is 0 Å². The molecule has 0 saturated heterocycles. The van der Waals surface area contributed by atoms with E-state index in [0.29, 0.717) is 0 Å². The maximum Gasteiger partial charge on any atom is 0.128 e. The van der Waals surface area contributed by atoms with Crippen LogP contribution in [-0.2, 0) is 13.1 Å². The Kier molecular flexibility index (Phi) is 4.39. The molecule has 1 N–H and O–H groups in total. The normalized spacial score (nSPS) is 10.5. The van der Waals surface area contributed by atoms with Crippen LogP contribution < -0.4 is 10.2 Å². The number of rotatable bonds is 6. The second kappa shape index (κ2) is 6.22. The van der Waals surface area contributed by atoms with Crippen molar-refractivity contribution in [2.75, 3.05) is 24.3 Å². The molecular weight excluding hydrogens is 238 g/mol. The van der Waals surface area contributed by atoms with E-state index in [1.807, 2.05) is 54.3 Å². The predicted octanol–water partition coefficient (Wildman–Crippen LogP) is 2.37. The predicted molar refractivity (Wildman–Crippen MR) is 78.4 cm³/mol. The number of aromatic nitrogens is 3. The Morgan fingerprint density at radius 1 is 1.26 bits per heavy atom. The Bertz CT molecular complexity index is 501. The van der Waals surface area contributed by atoms with E-state index in [9.17, 15) is 0 Å². The van der Waals surface area contributed by atoms with Crippen LogP contribution in [0.1, 0.15) is 19.0 Å². The summed E-state index contributed by atoms with van der Waals surface area (Å²) in [6.45, 7) is 3.88. The zero-order chi connectivity index (χ0) is 13.7. The fraction of sp³-hybridized carbons (Fsp3) is 0.429. The van der Waals surface area contributed by atoms with Crippen molar-refractivity contribution in [3.8, 4) is 0 Å². The summed E-state index contributed by atoms with van der Waals surface area (Å²) in [6, 6.07) is 6.10. The molecule has 0 atom stereocenters. The molecule has 2 aromatic rings. The van der Waals surface area contributed by atoms with Gasteiger partial charge in [0.25, 0.3) is 0 Å². The number of nitrogens with one attached hydrogen (secondary N) is 1. The molecule has 0 unspecified atom stereocenters. The van der Waals surface area contributed by atoms with E-state index >= 15 is 0 Å². The van der Waals surface area contributed by atoms with Crippen molar-refractivity contribution in [1.29, 1.82) is 0 Å². The Balaban J connectivity index is 1.96. The first kappa shape index (κ1) is 13.4. The van der Waals surface area contributed by atoms with Crippen molar-refractivity contribution < 1.29 is 0 Å². The highest BCUT2D eigenvalue weighted by molar-refractivity contribution is 5.47. The number of anilines is 2. The maximum absolute atomic E-state index is 4.38. The van der Waals surface area contributed by atoms with Crippen molar-refractivity contribution in [2.45, 2.75) is 26.4 Å². The summed E-state index contributed by atoms with van der Waals surface area (Å²) in [5.74, 6) is 0.960. The van der Waals surface area contributed by atoms with Gasteiger partial charge in [-0.3, -0.25) is 4.68 Å². The van der Waals surface area contributed by atoms with Crippen LogP contribution in [0.4, 0.5) is 11.5 Å². The molecule has 5 heteroatoms. The number of hydrogen-bond acceptors (Lipinski definition) is 4. The lowest BCUT2D eigenvalue weighted by Gasteiger charge is -2.12. The van der Waals surface area contributed by atoms with Crippen LogP contribution in [0, 0.1) is 0 Å². The molecule has 102 valence electrons. The Morgan fingerprint density at radius 3 is 2.74 bits per heavy atom. The largest absolute Gasteiger partial charge is 0.378 e. The Labute approximate surface area is 114 Å². The highest BCUT2D eigenvalue weighted by atomic mass is 15.3. The quantitative estimate of drug-likeness (QED) is 0.865. The average Bonchev–Trinajstić information content (AvgIpc) is 2.85. The van der Waals surface area contributed by atoms with Crippen LogP contribution in [0.2, 0.25) is 0 Å². The molecule has 0 aliphatic carbocycles. The minimum Gasteiger partial charge on any atom is -0.378 e. The first-order valence-electron chi connectivity index (χ1n) is 6.58. The molecule has 2 aromatic heterocycles. The molecule has 19 heavy (non-hydrogen) atoms. The van der Waals surface area contributed by atoms with E-state index in [-0.39, 0.29) is 0 Å². The van der Waals surface area contributed by atoms with Gasteiger partial charge >= 0.3 is 0 Å². The number of hydrogen-bond donors (Lipinski definition) is 1. The maximum atomic E-state index is 4.38. The van der Waals surface area contributed by atoms with Crippen LogP contribution >= 0.6 is 0 Å². The SMILES string of the molecule is CCCn1nccc1CNc1ccc(N(C)C)nc1. The third kappa shape index (κ3) is 3.47. The number of nitrogens with zero attached hydrogens (tertiary/aromatic N) is 4. The highest BCUT2D eigenvalue weighted by Gasteiger charge is 2.02. The van der Waals surface area contributed by atoms with Crippen molar-refractivity contribution in [3.05, 3.63) is 36.3 Å². The summed E-state index contributed by atoms with van der Waals surface area (Å²) in [5, 5.41) is 7.68. The molecule has 0 aliphatic rings. The van der Waals surface area contributed by atoms with E-state index in [4.69, 9.17) is 0 Å². The van der Waals surface area contributed by atoms with Gasteiger partial charge in [0.15, 0.2) is 0 Å². The standard InChI is InChI=1S/C14H21N5/c1-4-9-19-13(7-8-17-19)11-15-12-5-6-14(16-10-12)18(2)3/h5-8,10,15H,4,9,11H2,1-3H3.